The molecule has 3 aromatic heterocycles. The van der Waals surface area contributed by atoms with Crippen LogP contribution in [0.3, 0.4) is 0 Å². The fourth-order valence-corrected chi connectivity index (χ4v) is 4.79. The topological polar surface area (TPSA) is 77.1 Å². The lowest BCUT2D eigenvalue weighted by Crippen LogP contribution is -2.28. The van der Waals surface area contributed by atoms with E-state index in [1.54, 1.807) is 17.0 Å². The number of nitrogens with one attached hydrogen (secondary N) is 1. The van der Waals surface area contributed by atoms with Crippen molar-refractivity contribution < 1.29 is 23.0 Å². The van der Waals surface area contributed by atoms with Gasteiger partial charge in [-0.15, -0.1) is 0 Å². The number of aromatic hydroxyl groups is 1. The van der Waals surface area contributed by atoms with Gasteiger partial charge in [0.15, 0.2) is 11.5 Å². The second-order valence-corrected chi connectivity index (χ2v) is 8.87. The zero-order chi connectivity index (χ0) is 24.7. The molecular formula is C25H28F3N5O2. The van der Waals surface area contributed by atoms with E-state index in [1.165, 1.54) is 6.07 Å². The number of nitrogens with zero attached hydrogens (tertiary/aromatic N) is 4. The standard InChI is InChI=1S/C25H28F3N5O2/c1-3-21-20(14-32-13-15-5-6-16(25(26,27)28)11-18(15)24(32)34)22(30-17-7-9-35-10-8-17)19-12-29-33(4-2)23(19)31-21/h5-6,11-13,17,34H,3-4,7-10,14H2,1-2H3,(H,30,31). The molecule has 2 N–H and O–H groups in total. The number of hydrogen-bond acceptors (Lipinski definition) is 5. The molecule has 0 aliphatic carbocycles. The molecule has 1 aliphatic heterocycles. The molecule has 1 fully saturated rings. The number of anilines is 1. The molecule has 10 heteroatoms. The Morgan fingerprint density at radius 3 is 2.63 bits per heavy atom. The number of rotatable bonds is 6. The molecule has 1 aliphatic rings. The van der Waals surface area contributed by atoms with Crippen LogP contribution in [-0.2, 0) is 30.4 Å². The van der Waals surface area contributed by atoms with E-state index in [1.807, 2.05) is 18.5 Å². The first-order chi connectivity index (χ1) is 16.8. The van der Waals surface area contributed by atoms with Gasteiger partial charge in [-0.05, 0) is 38.3 Å². The fourth-order valence-electron chi connectivity index (χ4n) is 4.79. The van der Waals surface area contributed by atoms with Crippen molar-refractivity contribution in [1.29, 1.82) is 0 Å². The molecule has 186 valence electrons. The zero-order valence-corrected chi connectivity index (χ0v) is 19.7. The highest BCUT2D eigenvalue weighted by Crippen LogP contribution is 2.37. The number of alkyl halides is 3. The monoisotopic (exact) mass is 487 g/mol. The third-order valence-corrected chi connectivity index (χ3v) is 6.69. The van der Waals surface area contributed by atoms with E-state index in [-0.39, 0.29) is 23.9 Å². The van der Waals surface area contributed by atoms with Crippen molar-refractivity contribution in [1.82, 2.24) is 19.3 Å². The summed E-state index contributed by atoms with van der Waals surface area (Å²) in [6.07, 6.45) is 1.40. The number of halogens is 3. The van der Waals surface area contributed by atoms with Crippen LogP contribution in [0.5, 0.6) is 5.88 Å². The van der Waals surface area contributed by atoms with E-state index in [4.69, 9.17) is 9.72 Å². The van der Waals surface area contributed by atoms with Gasteiger partial charge >= 0.3 is 6.18 Å². The summed E-state index contributed by atoms with van der Waals surface area (Å²) in [4.78, 5) is 4.90. The third kappa shape index (κ3) is 4.31. The Morgan fingerprint density at radius 2 is 1.94 bits per heavy atom. The normalized spacial score (nSPS) is 15.3. The Balaban J connectivity index is 1.63. The van der Waals surface area contributed by atoms with Crippen LogP contribution in [0.15, 0.2) is 30.6 Å². The summed E-state index contributed by atoms with van der Waals surface area (Å²) in [5, 5.41) is 20.7. The maximum absolute atomic E-state index is 13.2. The first-order valence-electron chi connectivity index (χ1n) is 11.9. The highest BCUT2D eigenvalue weighted by atomic mass is 19.4. The smallest absolute Gasteiger partial charge is 0.416 e. The number of fused-ring (bicyclic) bond motifs is 2. The average molecular weight is 488 g/mol. The molecule has 0 atom stereocenters. The summed E-state index contributed by atoms with van der Waals surface area (Å²) < 4.78 is 48.7. The molecule has 0 saturated carbocycles. The summed E-state index contributed by atoms with van der Waals surface area (Å²) in [6.45, 7) is 6.34. The van der Waals surface area contributed by atoms with Crippen LogP contribution in [0.1, 0.15) is 43.5 Å². The average Bonchev–Trinajstić information content (AvgIpc) is 3.40. The lowest BCUT2D eigenvalue weighted by atomic mass is 10.0. The molecule has 0 spiro atoms. The van der Waals surface area contributed by atoms with Crippen LogP contribution in [-0.4, -0.2) is 43.7 Å². The van der Waals surface area contributed by atoms with E-state index in [9.17, 15) is 18.3 Å². The van der Waals surface area contributed by atoms with Gasteiger partial charge in [0.05, 0.1) is 29.4 Å². The molecule has 7 nitrogen and oxygen atoms in total. The summed E-state index contributed by atoms with van der Waals surface area (Å²) in [5.41, 5.74) is 2.67. The van der Waals surface area contributed by atoms with Crippen LogP contribution in [0.2, 0.25) is 0 Å². The van der Waals surface area contributed by atoms with Crippen molar-refractivity contribution in [2.45, 2.75) is 58.4 Å². The van der Waals surface area contributed by atoms with Gasteiger partial charge in [-0.3, -0.25) is 0 Å². The summed E-state index contributed by atoms with van der Waals surface area (Å²) in [5.74, 6) is -0.200. The van der Waals surface area contributed by atoms with Gasteiger partial charge in [0, 0.05) is 54.0 Å². The number of hydrogen-bond donors (Lipinski definition) is 2. The van der Waals surface area contributed by atoms with Gasteiger partial charge in [0.25, 0.3) is 0 Å². The molecule has 35 heavy (non-hydrogen) atoms. The number of aryl methyl sites for hydroxylation is 2. The summed E-state index contributed by atoms with van der Waals surface area (Å²) in [7, 11) is 0. The maximum atomic E-state index is 13.2. The summed E-state index contributed by atoms with van der Waals surface area (Å²) >= 11 is 0. The predicted octanol–water partition coefficient (Wildman–Crippen LogP) is 5.33. The van der Waals surface area contributed by atoms with Gasteiger partial charge in [-0.25, -0.2) is 9.67 Å². The molecule has 0 unspecified atom stereocenters. The third-order valence-electron chi connectivity index (χ3n) is 6.69. The van der Waals surface area contributed by atoms with Crippen molar-refractivity contribution in [3.05, 3.63) is 47.4 Å². The molecule has 0 radical (unpaired) electrons. The van der Waals surface area contributed by atoms with E-state index < -0.39 is 11.7 Å². The van der Waals surface area contributed by atoms with E-state index in [0.717, 1.165) is 53.0 Å². The second kappa shape index (κ2) is 9.07. The molecule has 4 aromatic rings. The van der Waals surface area contributed by atoms with Crippen LogP contribution >= 0.6 is 0 Å². The Bertz CT molecular complexity index is 1370. The Morgan fingerprint density at radius 1 is 1.17 bits per heavy atom. The number of benzene rings is 1. The van der Waals surface area contributed by atoms with Gasteiger partial charge in [-0.1, -0.05) is 13.0 Å². The van der Waals surface area contributed by atoms with Crippen molar-refractivity contribution >= 4 is 27.5 Å². The van der Waals surface area contributed by atoms with Crippen molar-refractivity contribution in [3.63, 3.8) is 0 Å². The lowest BCUT2D eigenvalue weighted by molar-refractivity contribution is -0.137. The van der Waals surface area contributed by atoms with Gasteiger partial charge < -0.3 is 19.7 Å². The zero-order valence-electron chi connectivity index (χ0n) is 19.7. The summed E-state index contributed by atoms with van der Waals surface area (Å²) in [6, 6.07) is 3.64. The minimum atomic E-state index is -4.48. The van der Waals surface area contributed by atoms with E-state index >= 15 is 0 Å². The first-order valence-corrected chi connectivity index (χ1v) is 11.9. The largest absolute Gasteiger partial charge is 0.494 e. The molecule has 4 heterocycles. The molecule has 0 bridgehead atoms. The lowest BCUT2D eigenvalue weighted by Gasteiger charge is -2.26. The van der Waals surface area contributed by atoms with Crippen molar-refractivity contribution in [2.75, 3.05) is 18.5 Å². The van der Waals surface area contributed by atoms with Gasteiger partial charge in [0.1, 0.15) is 0 Å². The van der Waals surface area contributed by atoms with E-state index in [0.29, 0.717) is 31.6 Å². The Hall–Kier alpha value is -3.27. The SMILES string of the molecule is CCc1nc2c(cnn2CC)c(NC2CCOCC2)c1Cn1cc2ccc(C(F)(F)F)cc2c1O. The molecule has 1 saturated heterocycles. The fraction of sp³-hybridized carbons (Fsp3) is 0.440. The van der Waals surface area contributed by atoms with E-state index in [2.05, 4.69) is 10.4 Å². The van der Waals surface area contributed by atoms with Crippen LogP contribution in [0, 0.1) is 0 Å². The van der Waals surface area contributed by atoms with Crippen molar-refractivity contribution in [2.24, 2.45) is 0 Å². The molecule has 5 rings (SSSR count). The maximum Gasteiger partial charge on any atom is 0.416 e. The van der Waals surface area contributed by atoms with Gasteiger partial charge in [-0.2, -0.15) is 18.3 Å². The van der Waals surface area contributed by atoms with Crippen LogP contribution < -0.4 is 5.32 Å². The number of ether oxygens (including phenoxy) is 1. The van der Waals surface area contributed by atoms with Crippen molar-refractivity contribution in [3.8, 4) is 5.88 Å². The van der Waals surface area contributed by atoms with Gasteiger partial charge in [0.2, 0.25) is 0 Å². The molecule has 0 amide bonds. The molecule has 1 aromatic carbocycles. The predicted molar refractivity (Wildman–Crippen MR) is 128 cm³/mol. The molecular weight excluding hydrogens is 459 g/mol. The second-order valence-electron chi connectivity index (χ2n) is 8.87. The van der Waals surface area contributed by atoms with Crippen LogP contribution in [0.25, 0.3) is 21.8 Å². The number of pyridine rings is 1. The Kier molecular flexibility index (Phi) is 6.08. The number of aromatic nitrogens is 4. The first kappa shape index (κ1) is 23.5. The highest BCUT2D eigenvalue weighted by molar-refractivity contribution is 5.92. The Labute approximate surface area is 200 Å². The highest BCUT2D eigenvalue weighted by Gasteiger charge is 2.31. The quantitative estimate of drug-likeness (QED) is 0.384. The minimum absolute atomic E-state index is 0.171. The van der Waals surface area contributed by atoms with Crippen LogP contribution in [0.4, 0.5) is 18.9 Å². The minimum Gasteiger partial charge on any atom is -0.494 e.